The second kappa shape index (κ2) is 6.87. The van der Waals surface area contributed by atoms with Crippen molar-refractivity contribution in [2.45, 2.75) is 31.8 Å². The quantitative estimate of drug-likeness (QED) is 0.879. The lowest BCUT2D eigenvalue weighted by Gasteiger charge is -2.18. The largest absolute Gasteiger partial charge is 0.391 e. The van der Waals surface area contributed by atoms with E-state index in [9.17, 15) is 14.3 Å². The number of carbonyl (C=O) groups excluding carboxylic acids is 1. The number of hydrogen-bond acceptors (Lipinski definition) is 4. The van der Waals surface area contributed by atoms with Gasteiger partial charge in [0.25, 0.3) is 5.91 Å². The highest BCUT2D eigenvalue weighted by molar-refractivity contribution is 5.94. The summed E-state index contributed by atoms with van der Waals surface area (Å²) in [4.78, 5) is 15.9. The van der Waals surface area contributed by atoms with Gasteiger partial charge in [-0.05, 0) is 37.0 Å². The average molecular weight is 318 g/mol. The van der Waals surface area contributed by atoms with E-state index in [4.69, 9.17) is 0 Å². The summed E-state index contributed by atoms with van der Waals surface area (Å²) in [6, 6.07) is 4.16. The number of aromatic nitrogens is 3. The first-order chi connectivity index (χ1) is 11.1. The predicted octanol–water partition coefficient (Wildman–Crippen LogP) is 1.69. The van der Waals surface area contributed by atoms with Crippen molar-refractivity contribution in [1.29, 1.82) is 0 Å². The summed E-state index contributed by atoms with van der Waals surface area (Å²) in [7, 11) is 0. The molecule has 0 spiro atoms. The topological polar surface area (TPSA) is 80.0 Å². The number of carbonyl (C=O) groups is 1. The Morgan fingerprint density at radius 1 is 1.43 bits per heavy atom. The number of rotatable bonds is 5. The number of aliphatic hydroxyl groups is 1. The molecule has 1 amide bonds. The standard InChI is InChI=1S/C16H19FN4O2/c17-13-7-12(5-6-14(13)21-10-18-9-20-21)16(23)19-8-15(22)11-3-1-2-4-11/h5-7,9-11,15,22H,1-4,8H2,(H,19,23). The molecule has 1 saturated carbocycles. The first kappa shape index (κ1) is 15.6. The summed E-state index contributed by atoms with van der Waals surface area (Å²) in [6.07, 6.45) is 6.41. The fourth-order valence-corrected chi connectivity index (χ4v) is 2.97. The van der Waals surface area contributed by atoms with Crippen LogP contribution < -0.4 is 5.32 Å². The van der Waals surface area contributed by atoms with Crippen molar-refractivity contribution in [3.63, 3.8) is 0 Å². The van der Waals surface area contributed by atoms with Crippen LogP contribution in [0.2, 0.25) is 0 Å². The maximum atomic E-state index is 14.1. The summed E-state index contributed by atoms with van der Waals surface area (Å²) in [6.45, 7) is 0.190. The molecule has 3 rings (SSSR count). The van der Waals surface area contributed by atoms with Gasteiger partial charge in [-0.1, -0.05) is 12.8 Å². The Balaban J connectivity index is 1.62. The lowest BCUT2D eigenvalue weighted by atomic mass is 10.0. The van der Waals surface area contributed by atoms with E-state index in [-0.39, 0.29) is 23.7 Å². The van der Waals surface area contributed by atoms with Crippen LogP contribution in [0.15, 0.2) is 30.9 Å². The van der Waals surface area contributed by atoms with E-state index in [1.165, 1.54) is 29.5 Å². The van der Waals surface area contributed by atoms with Crippen molar-refractivity contribution in [2.75, 3.05) is 6.54 Å². The first-order valence-electron chi connectivity index (χ1n) is 7.76. The van der Waals surface area contributed by atoms with Gasteiger partial charge in [-0.25, -0.2) is 14.1 Å². The Hall–Kier alpha value is -2.28. The van der Waals surface area contributed by atoms with Gasteiger partial charge in [0.2, 0.25) is 0 Å². The van der Waals surface area contributed by atoms with Crippen LogP contribution in [0.5, 0.6) is 0 Å². The van der Waals surface area contributed by atoms with Crippen LogP contribution in [-0.2, 0) is 0 Å². The van der Waals surface area contributed by atoms with Crippen molar-refractivity contribution < 1.29 is 14.3 Å². The van der Waals surface area contributed by atoms with Gasteiger partial charge in [0.05, 0.1) is 6.10 Å². The van der Waals surface area contributed by atoms with Crippen molar-refractivity contribution >= 4 is 5.91 Å². The van der Waals surface area contributed by atoms with E-state index in [2.05, 4.69) is 15.4 Å². The molecule has 1 aliphatic carbocycles. The number of hydrogen-bond donors (Lipinski definition) is 2. The Morgan fingerprint density at radius 2 is 2.22 bits per heavy atom. The Bertz CT molecular complexity index is 669. The van der Waals surface area contributed by atoms with Crippen LogP contribution in [0.25, 0.3) is 5.69 Å². The van der Waals surface area contributed by atoms with E-state index in [0.29, 0.717) is 0 Å². The smallest absolute Gasteiger partial charge is 0.251 e. The molecule has 1 atom stereocenters. The van der Waals surface area contributed by atoms with Crippen LogP contribution in [0.4, 0.5) is 4.39 Å². The number of benzene rings is 1. The molecule has 0 radical (unpaired) electrons. The molecular weight excluding hydrogens is 299 g/mol. The van der Waals surface area contributed by atoms with Gasteiger partial charge in [-0.2, -0.15) is 5.10 Å². The van der Waals surface area contributed by atoms with Crippen molar-refractivity contribution in [1.82, 2.24) is 20.1 Å². The highest BCUT2D eigenvalue weighted by Crippen LogP contribution is 2.27. The molecule has 1 aromatic carbocycles. The second-order valence-corrected chi connectivity index (χ2v) is 5.83. The molecule has 1 fully saturated rings. The van der Waals surface area contributed by atoms with Gasteiger partial charge in [-0.15, -0.1) is 0 Å². The lowest BCUT2D eigenvalue weighted by molar-refractivity contribution is 0.0840. The highest BCUT2D eigenvalue weighted by atomic mass is 19.1. The number of amides is 1. The van der Waals surface area contributed by atoms with E-state index in [0.717, 1.165) is 31.7 Å². The number of halogens is 1. The molecule has 6 nitrogen and oxygen atoms in total. The summed E-state index contributed by atoms with van der Waals surface area (Å²) in [5.74, 6) is -0.702. The third-order valence-electron chi connectivity index (χ3n) is 4.29. The maximum Gasteiger partial charge on any atom is 0.251 e. The molecule has 2 N–H and O–H groups in total. The van der Waals surface area contributed by atoms with Gasteiger partial charge in [0.1, 0.15) is 24.2 Å². The minimum atomic E-state index is -0.556. The van der Waals surface area contributed by atoms with Crippen molar-refractivity contribution in [3.8, 4) is 5.69 Å². The average Bonchev–Trinajstić information content (AvgIpc) is 3.25. The minimum absolute atomic E-state index is 0.190. The van der Waals surface area contributed by atoms with Gasteiger partial charge in [-0.3, -0.25) is 4.79 Å². The molecule has 1 aromatic heterocycles. The molecular formula is C16H19FN4O2. The van der Waals surface area contributed by atoms with E-state index < -0.39 is 17.8 Å². The van der Waals surface area contributed by atoms with Crippen LogP contribution in [0.3, 0.4) is 0 Å². The van der Waals surface area contributed by atoms with Crippen LogP contribution in [0.1, 0.15) is 36.0 Å². The summed E-state index contributed by atoms with van der Waals surface area (Å²) in [5, 5.41) is 16.6. The molecule has 122 valence electrons. The van der Waals surface area contributed by atoms with Gasteiger partial charge >= 0.3 is 0 Å². The molecule has 1 aliphatic rings. The third kappa shape index (κ3) is 3.56. The van der Waals surface area contributed by atoms with E-state index in [1.807, 2.05) is 0 Å². The Labute approximate surface area is 133 Å². The van der Waals surface area contributed by atoms with E-state index in [1.54, 1.807) is 0 Å². The first-order valence-corrected chi connectivity index (χ1v) is 7.76. The van der Waals surface area contributed by atoms with Gasteiger partial charge in [0, 0.05) is 12.1 Å². The fraction of sp³-hybridized carbons (Fsp3) is 0.438. The number of nitrogens with zero attached hydrogens (tertiary/aromatic N) is 3. The van der Waals surface area contributed by atoms with Crippen molar-refractivity contribution in [3.05, 3.63) is 42.2 Å². The van der Waals surface area contributed by atoms with E-state index >= 15 is 0 Å². The molecule has 0 bridgehead atoms. The zero-order valence-corrected chi connectivity index (χ0v) is 12.7. The normalized spacial score (nSPS) is 16.4. The highest BCUT2D eigenvalue weighted by Gasteiger charge is 2.23. The molecule has 7 heteroatoms. The van der Waals surface area contributed by atoms with Gasteiger partial charge in [0.15, 0.2) is 0 Å². The number of nitrogens with one attached hydrogen (secondary N) is 1. The van der Waals surface area contributed by atoms with Crippen LogP contribution >= 0.6 is 0 Å². The van der Waals surface area contributed by atoms with Crippen LogP contribution in [0, 0.1) is 11.7 Å². The summed E-state index contributed by atoms with van der Waals surface area (Å²) >= 11 is 0. The monoisotopic (exact) mass is 318 g/mol. The third-order valence-corrected chi connectivity index (χ3v) is 4.29. The molecule has 23 heavy (non-hydrogen) atoms. The Morgan fingerprint density at radius 3 is 2.87 bits per heavy atom. The van der Waals surface area contributed by atoms with Crippen LogP contribution in [-0.4, -0.2) is 38.4 Å². The molecule has 1 heterocycles. The van der Waals surface area contributed by atoms with Crippen molar-refractivity contribution in [2.24, 2.45) is 5.92 Å². The SMILES string of the molecule is O=C(NCC(O)C1CCCC1)c1ccc(-n2cncn2)c(F)c1. The zero-order valence-electron chi connectivity index (χ0n) is 12.7. The maximum absolute atomic E-state index is 14.1. The molecule has 1 unspecified atom stereocenters. The number of aliphatic hydroxyl groups excluding tert-OH is 1. The predicted molar refractivity (Wildman–Crippen MR) is 81.6 cm³/mol. The summed E-state index contributed by atoms with van der Waals surface area (Å²) in [5.41, 5.74) is 0.440. The summed E-state index contributed by atoms with van der Waals surface area (Å²) < 4.78 is 15.4. The second-order valence-electron chi connectivity index (χ2n) is 5.83. The molecule has 0 aliphatic heterocycles. The Kier molecular flexibility index (Phi) is 4.66. The molecule has 2 aromatic rings. The minimum Gasteiger partial charge on any atom is -0.391 e. The lowest BCUT2D eigenvalue weighted by Crippen LogP contribution is -2.35. The zero-order chi connectivity index (χ0) is 16.2. The van der Waals surface area contributed by atoms with Gasteiger partial charge < -0.3 is 10.4 Å². The molecule has 0 saturated heterocycles. The fourth-order valence-electron chi connectivity index (χ4n) is 2.97.